The standard InChI is InChI=1S/C22H26O.C2H4O2/c1-16-8-2-4-10-18(16)22(20-12-6-7-13-21(20)23)15-14-17-9-3-5-11-19(17)22;1-2(3)4/h2,4,6-8,10,12-13,17,19,23H,3,5,9,11,14-15H2,1H3;1H3,(H,3,4). The van der Waals surface area contributed by atoms with Gasteiger partial charge in [0.05, 0.1) is 0 Å². The molecule has 3 nitrogen and oxygen atoms in total. The summed E-state index contributed by atoms with van der Waals surface area (Å²) < 4.78 is 0. The van der Waals surface area contributed by atoms with Crippen LogP contribution in [0.15, 0.2) is 48.5 Å². The Labute approximate surface area is 162 Å². The van der Waals surface area contributed by atoms with Gasteiger partial charge in [-0.1, -0.05) is 61.7 Å². The van der Waals surface area contributed by atoms with Gasteiger partial charge in [0.1, 0.15) is 5.75 Å². The molecule has 0 spiro atoms. The maximum atomic E-state index is 10.7. The summed E-state index contributed by atoms with van der Waals surface area (Å²) in [5, 5.41) is 18.1. The fourth-order valence-corrected chi connectivity index (χ4v) is 5.54. The monoisotopic (exact) mass is 366 g/mol. The zero-order valence-electron chi connectivity index (χ0n) is 16.3. The molecule has 2 fully saturated rings. The lowest BCUT2D eigenvalue weighted by molar-refractivity contribution is -0.134. The van der Waals surface area contributed by atoms with Crippen LogP contribution in [0.25, 0.3) is 0 Å². The van der Waals surface area contributed by atoms with Gasteiger partial charge in [0.25, 0.3) is 5.97 Å². The Hall–Kier alpha value is -2.29. The van der Waals surface area contributed by atoms with Gasteiger partial charge >= 0.3 is 0 Å². The first-order valence-corrected chi connectivity index (χ1v) is 10.0. The lowest BCUT2D eigenvalue weighted by atomic mass is 9.61. The third-order valence-electron chi connectivity index (χ3n) is 6.46. The molecule has 2 saturated carbocycles. The third-order valence-corrected chi connectivity index (χ3v) is 6.46. The Morgan fingerprint density at radius 1 is 0.963 bits per heavy atom. The summed E-state index contributed by atoms with van der Waals surface area (Å²) in [6.07, 6.45) is 7.85. The number of aryl methyl sites for hydroxylation is 1. The highest BCUT2D eigenvalue weighted by Gasteiger charge is 2.52. The van der Waals surface area contributed by atoms with Crippen LogP contribution in [0.2, 0.25) is 0 Å². The number of phenols is 1. The van der Waals surface area contributed by atoms with Gasteiger partial charge in [0.2, 0.25) is 0 Å². The molecule has 4 rings (SSSR count). The van der Waals surface area contributed by atoms with E-state index in [-0.39, 0.29) is 5.41 Å². The molecule has 2 aliphatic carbocycles. The number of phenolic OH excluding ortho intramolecular Hbond substituents is 1. The molecular formula is C24H30O3. The van der Waals surface area contributed by atoms with Crippen LogP contribution in [0.4, 0.5) is 0 Å². The van der Waals surface area contributed by atoms with E-state index in [4.69, 9.17) is 9.90 Å². The first kappa shape index (κ1) is 19.5. The Kier molecular flexibility index (Phi) is 5.88. The van der Waals surface area contributed by atoms with E-state index in [9.17, 15) is 5.11 Å². The van der Waals surface area contributed by atoms with Gasteiger partial charge in [-0.3, -0.25) is 4.79 Å². The van der Waals surface area contributed by atoms with Crippen LogP contribution in [0.3, 0.4) is 0 Å². The summed E-state index contributed by atoms with van der Waals surface area (Å²) in [4.78, 5) is 9.00. The molecule has 2 N–H and O–H groups in total. The van der Waals surface area contributed by atoms with E-state index in [1.165, 1.54) is 49.7 Å². The average molecular weight is 367 g/mol. The van der Waals surface area contributed by atoms with Gasteiger partial charge in [-0.05, 0) is 55.2 Å². The van der Waals surface area contributed by atoms with Crippen molar-refractivity contribution >= 4 is 5.97 Å². The Morgan fingerprint density at radius 3 is 2.22 bits per heavy atom. The molecule has 0 amide bonds. The van der Waals surface area contributed by atoms with E-state index >= 15 is 0 Å². The Morgan fingerprint density at radius 2 is 1.56 bits per heavy atom. The number of para-hydroxylation sites is 1. The van der Waals surface area contributed by atoms with E-state index in [0.717, 1.165) is 18.4 Å². The molecule has 0 aromatic heterocycles. The SMILES string of the molecule is CC(=O)O.Cc1ccccc1C1(c2ccccc2O)CCC2CCCCC21. The summed E-state index contributed by atoms with van der Waals surface area (Å²) in [5.74, 6) is 1.13. The van der Waals surface area contributed by atoms with Crippen molar-refractivity contribution in [2.75, 3.05) is 0 Å². The molecule has 3 heteroatoms. The molecule has 27 heavy (non-hydrogen) atoms. The zero-order chi connectivity index (χ0) is 19.4. The maximum Gasteiger partial charge on any atom is 0.300 e. The number of benzene rings is 2. The summed E-state index contributed by atoms with van der Waals surface area (Å²) in [6, 6.07) is 16.9. The van der Waals surface area contributed by atoms with Crippen LogP contribution in [-0.4, -0.2) is 16.2 Å². The van der Waals surface area contributed by atoms with Crippen LogP contribution in [0.1, 0.15) is 62.1 Å². The summed E-state index contributed by atoms with van der Waals surface area (Å²) in [5.41, 5.74) is 3.96. The van der Waals surface area contributed by atoms with Gasteiger partial charge in [-0.25, -0.2) is 0 Å². The van der Waals surface area contributed by atoms with E-state index < -0.39 is 5.97 Å². The predicted octanol–water partition coefficient (Wildman–Crippen LogP) is 5.68. The third kappa shape index (κ3) is 3.73. The molecule has 0 bridgehead atoms. The number of fused-ring (bicyclic) bond motifs is 1. The molecular weight excluding hydrogens is 336 g/mol. The number of hydrogen-bond acceptors (Lipinski definition) is 2. The smallest absolute Gasteiger partial charge is 0.300 e. The van der Waals surface area contributed by atoms with Crippen molar-refractivity contribution in [1.29, 1.82) is 0 Å². The second-order valence-electron chi connectivity index (χ2n) is 8.01. The summed E-state index contributed by atoms with van der Waals surface area (Å²) >= 11 is 0. The van der Waals surface area contributed by atoms with E-state index in [0.29, 0.717) is 11.7 Å². The first-order chi connectivity index (χ1) is 13.0. The van der Waals surface area contributed by atoms with E-state index in [1.807, 2.05) is 12.1 Å². The predicted molar refractivity (Wildman–Crippen MR) is 108 cm³/mol. The molecule has 0 radical (unpaired) electrons. The fourth-order valence-electron chi connectivity index (χ4n) is 5.54. The van der Waals surface area contributed by atoms with Crippen molar-refractivity contribution in [1.82, 2.24) is 0 Å². The topological polar surface area (TPSA) is 57.5 Å². The van der Waals surface area contributed by atoms with Gasteiger partial charge < -0.3 is 10.2 Å². The second kappa shape index (κ2) is 8.16. The highest BCUT2D eigenvalue weighted by molar-refractivity contribution is 5.63. The normalized spacial score (nSPS) is 26.6. The Bertz CT molecular complexity index is 746. The molecule has 144 valence electrons. The van der Waals surface area contributed by atoms with Crippen molar-refractivity contribution in [3.05, 3.63) is 65.2 Å². The van der Waals surface area contributed by atoms with E-state index in [2.05, 4.69) is 43.3 Å². The van der Waals surface area contributed by atoms with Gasteiger partial charge in [-0.2, -0.15) is 0 Å². The fraction of sp³-hybridized carbons (Fsp3) is 0.458. The van der Waals surface area contributed by atoms with Gasteiger partial charge in [0.15, 0.2) is 0 Å². The number of carboxylic acids is 1. The highest BCUT2D eigenvalue weighted by Crippen LogP contribution is 2.59. The van der Waals surface area contributed by atoms with Crippen LogP contribution >= 0.6 is 0 Å². The molecule has 2 aromatic rings. The zero-order valence-corrected chi connectivity index (χ0v) is 16.3. The lowest BCUT2D eigenvalue weighted by Crippen LogP contribution is -2.36. The molecule has 3 unspecified atom stereocenters. The van der Waals surface area contributed by atoms with Gasteiger partial charge in [-0.15, -0.1) is 0 Å². The van der Waals surface area contributed by atoms with Crippen LogP contribution < -0.4 is 0 Å². The number of carboxylic acid groups (broad SMARTS) is 1. The minimum Gasteiger partial charge on any atom is -0.508 e. The van der Waals surface area contributed by atoms with Crippen molar-refractivity contribution in [2.45, 2.75) is 57.8 Å². The van der Waals surface area contributed by atoms with Gasteiger partial charge in [0, 0.05) is 17.9 Å². The highest BCUT2D eigenvalue weighted by atomic mass is 16.4. The second-order valence-corrected chi connectivity index (χ2v) is 8.01. The van der Waals surface area contributed by atoms with Crippen molar-refractivity contribution in [3.8, 4) is 5.75 Å². The van der Waals surface area contributed by atoms with Crippen LogP contribution in [-0.2, 0) is 10.2 Å². The van der Waals surface area contributed by atoms with Crippen molar-refractivity contribution < 1.29 is 15.0 Å². The quantitative estimate of drug-likeness (QED) is 0.719. The minimum atomic E-state index is -0.833. The van der Waals surface area contributed by atoms with Crippen LogP contribution in [0, 0.1) is 18.8 Å². The minimum absolute atomic E-state index is 0.00176. The number of aromatic hydroxyl groups is 1. The maximum absolute atomic E-state index is 10.7. The number of hydrogen-bond donors (Lipinski definition) is 2. The number of carbonyl (C=O) groups is 1. The molecule has 0 aliphatic heterocycles. The van der Waals surface area contributed by atoms with Crippen molar-refractivity contribution in [3.63, 3.8) is 0 Å². The number of rotatable bonds is 2. The Balaban J connectivity index is 0.000000481. The largest absolute Gasteiger partial charge is 0.508 e. The molecule has 2 aromatic carbocycles. The molecule has 0 saturated heterocycles. The first-order valence-electron chi connectivity index (χ1n) is 10.0. The summed E-state index contributed by atoms with van der Waals surface area (Å²) in [7, 11) is 0. The van der Waals surface area contributed by atoms with Crippen molar-refractivity contribution in [2.24, 2.45) is 11.8 Å². The van der Waals surface area contributed by atoms with Crippen LogP contribution in [0.5, 0.6) is 5.75 Å². The molecule has 3 atom stereocenters. The molecule has 2 aliphatic rings. The lowest BCUT2D eigenvalue weighted by Gasteiger charge is -2.42. The number of aliphatic carboxylic acids is 1. The average Bonchev–Trinajstić information content (AvgIpc) is 3.02. The summed E-state index contributed by atoms with van der Waals surface area (Å²) in [6.45, 7) is 3.31. The molecule has 0 heterocycles. The van der Waals surface area contributed by atoms with E-state index in [1.54, 1.807) is 0 Å².